The van der Waals surface area contributed by atoms with Crippen LogP contribution in [0, 0.1) is 17.5 Å². The van der Waals surface area contributed by atoms with Crippen LogP contribution in [0.25, 0.3) is 83.3 Å². The quantitative estimate of drug-likeness (QED) is 0.112. The standard InChI is InChI=1S/C40H32N3O.C19H26NSi.Ir/c1-24(2)32-21-27(26-13-6-5-7-14-26)22-33(25(3)4)37(32)43-38-30-16-8-10-19-34(30)41-23-35(38)42-40(43)31-18-12-17-29-28-15-9-11-20-36(28)44-39(29)31;1-19(2,3)13-16-12-17(15-10-8-7-9-11-15)20-14-18(16)21(4,5)6;/h5-17,19-25H,1-4H3;7-10,12,14H,13H2,1-6H3;/q2*-1;. The maximum atomic E-state index is 6.54. The van der Waals surface area contributed by atoms with Crippen molar-refractivity contribution in [2.75, 3.05) is 0 Å². The first-order valence-corrected chi connectivity index (χ1v) is 26.4. The van der Waals surface area contributed by atoms with Gasteiger partial charge in [0.15, 0.2) is 0 Å². The molecule has 0 spiro atoms. The number of rotatable bonds is 8. The smallest absolute Gasteiger partial charge is 0.120 e. The molecule has 0 bridgehead atoms. The summed E-state index contributed by atoms with van der Waals surface area (Å²) in [7, 11) is -1.37. The minimum Gasteiger partial charge on any atom is -0.501 e. The van der Waals surface area contributed by atoms with Crippen LogP contribution in [0.2, 0.25) is 19.6 Å². The summed E-state index contributed by atoms with van der Waals surface area (Å²) in [5.74, 6) is 1.32. The second kappa shape index (κ2) is 18.7. The Bertz CT molecular complexity index is 3290. The van der Waals surface area contributed by atoms with Crippen molar-refractivity contribution in [2.45, 2.75) is 86.4 Å². The monoisotopic (exact) mass is 1060 g/mol. The van der Waals surface area contributed by atoms with E-state index in [0.29, 0.717) is 0 Å². The van der Waals surface area contributed by atoms with Crippen LogP contribution in [-0.4, -0.2) is 27.6 Å². The number of hydrogen-bond acceptors (Lipinski definition) is 4. The van der Waals surface area contributed by atoms with E-state index in [2.05, 4.69) is 182 Å². The number of pyridine rings is 2. The number of imidazole rings is 1. The summed E-state index contributed by atoms with van der Waals surface area (Å²) in [6.07, 6.45) is 5.11. The Hall–Kier alpha value is -5.98. The molecule has 6 aromatic carbocycles. The second-order valence-corrected chi connectivity index (χ2v) is 25.2. The molecular formula is C59H58IrN4OSi-2. The van der Waals surface area contributed by atoms with Crippen molar-refractivity contribution in [1.29, 1.82) is 0 Å². The van der Waals surface area contributed by atoms with Gasteiger partial charge in [-0.15, -0.1) is 54.1 Å². The van der Waals surface area contributed by atoms with Gasteiger partial charge in [-0.25, -0.2) is 0 Å². The van der Waals surface area contributed by atoms with Crippen LogP contribution < -0.4 is 5.19 Å². The van der Waals surface area contributed by atoms with Crippen molar-refractivity contribution in [2.24, 2.45) is 5.41 Å². The van der Waals surface area contributed by atoms with Gasteiger partial charge in [-0.3, -0.25) is 9.97 Å². The summed E-state index contributed by atoms with van der Waals surface area (Å²) >= 11 is 0. The number of nitrogens with zero attached hydrogens (tertiary/aromatic N) is 4. The van der Waals surface area contributed by atoms with Crippen molar-refractivity contribution >= 4 is 57.1 Å². The van der Waals surface area contributed by atoms with Gasteiger partial charge in [0.25, 0.3) is 0 Å². The molecule has 0 fully saturated rings. The summed E-state index contributed by atoms with van der Waals surface area (Å²) in [6, 6.07) is 53.2. The molecule has 0 unspecified atom stereocenters. The first kappa shape index (κ1) is 46.5. The van der Waals surface area contributed by atoms with E-state index in [1.165, 1.54) is 38.7 Å². The fraction of sp³-hybridized carbons (Fsp3) is 0.237. The van der Waals surface area contributed by atoms with E-state index in [-0.39, 0.29) is 37.4 Å². The van der Waals surface area contributed by atoms with Crippen molar-refractivity contribution in [3.8, 4) is 39.5 Å². The minimum absolute atomic E-state index is 0. The van der Waals surface area contributed by atoms with Crippen LogP contribution in [-0.2, 0) is 26.5 Å². The summed E-state index contributed by atoms with van der Waals surface area (Å²) in [5, 5.41) is 4.70. The maximum Gasteiger partial charge on any atom is 0.120 e. The third-order valence-corrected chi connectivity index (χ3v) is 14.3. The van der Waals surface area contributed by atoms with Gasteiger partial charge in [0, 0.05) is 42.8 Å². The Kier molecular flexibility index (Phi) is 13.2. The van der Waals surface area contributed by atoms with Gasteiger partial charge < -0.3 is 14.0 Å². The Morgan fingerprint density at radius 1 is 0.652 bits per heavy atom. The molecule has 0 saturated heterocycles. The van der Waals surface area contributed by atoms with E-state index >= 15 is 0 Å². The molecule has 1 radical (unpaired) electrons. The normalized spacial score (nSPS) is 12.0. The van der Waals surface area contributed by atoms with Gasteiger partial charge in [-0.2, -0.15) is 0 Å². The predicted molar refractivity (Wildman–Crippen MR) is 276 cm³/mol. The first-order valence-electron chi connectivity index (χ1n) is 22.9. The predicted octanol–water partition coefficient (Wildman–Crippen LogP) is 15.5. The molecule has 335 valence electrons. The van der Waals surface area contributed by atoms with Crippen LogP contribution >= 0.6 is 0 Å². The fourth-order valence-electron chi connectivity index (χ4n) is 9.15. The molecule has 10 aromatic rings. The molecule has 7 heteroatoms. The zero-order valence-corrected chi connectivity index (χ0v) is 43.1. The summed E-state index contributed by atoms with van der Waals surface area (Å²) in [5.41, 5.74) is 15.3. The minimum atomic E-state index is -1.37. The molecule has 0 aliphatic heterocycles. The Balaban J connectivity index is 0.000000228. The van der Waals surface area contributed by atoms with Gasteiger partial charge in [0.2, 0.25) is 0 Å². The topological polar surface area (TPSA) is 56.7 Å². The molecule has 0 aliphatic rings. The molecule has 4 aromatic heterocycles. The van der Waals surface area contributed by atoms with Crippen molar-refractivity contribution < 1.29 is 24.5 Å². The first-order chi connectivity index (χ1) is 31.2. The Labute approximate surface area is 404 Å². The van der Waals surface area contributed by atoms with Gasteiger partial charge in [0.05, 0.1) is 42.2 Å². The molecular weight excluding hydrogens is 1000 g/mol. The number of para-hydroxylation sites is 2. The van der Waals surface area contributed by atoms with Crippen LogP contribution in [0.1, 0.15) is 77.0 Å². The van der Waals surface area contributed by atoms with E-state index in [1.54, 1.807) is 0 Å². The van der Waals surface area contributed by atoms with Crippen LogP contribution in [0.5, 0.6) is 0 Å². The van der Waals surface area contributed by atoms with Crippen molar-refractivity contribution in [3.63, 3.8) is 0 Å². The third-order valence-electron chi connectivity index (χ3n) is 12.2. The third kappa shape index (κ3) is 9.22. The van der Waals surface area contributed by atoms with Gasteiger partial charge in [-0.05, 0) is 81.1 Å². The van der Waals surface area contributed by atoms with E-state index in [9.17, 15) is 0 Å². The SMILES string of the molecule is CC(C)(C)Cc1cc(-c2[c-]cccc2)ncc1[Si](C)(C)C.CC(C)c1cc(-c2ccccc2)cc(C(C)C)c1-n1c(-c2[c-]ccc3c2oc2ccccc23)nc2cnc3ccccc3c21.[Ir]. The van der Waals surface area contributed by atoms with E-state index < -0.39 is 8.07 Å². The van der Waals surface area contributed by atoms with Gasteiger partial charge in [0.1, 0.15) is 5.58 Å². The van der Waals surface area contributed by atoms with Crippen LogP contribution in [0.3, 0.4) is 0 Å². The summed E-state index contributed by atoms with van der Waals surface area (Å²) in [4.78, 5) is 14.8. The average molecular weight is 1060 g/mol. The molecule has 0 N–H and O–H groups in total. The van der Waals surface area contributed by atoms with Gasteiger partial charge in [-0.1, -0.05) is 157 Å². The van der Waals surface area contributed by atoms with Crippen LogP contribution in [0.15, 0.2) is 150 Å². The second-order valence-electron chi connectivity index (χ2n) is 20.1. The maximum absolute atomic E-state index is 6.54. The number of fused-ring (bicyclic) bond motifs is 6. The van der Waals surface area contributed by atoms with E-state index in [1.807, 2.05) is 48.7 Å². The average Bonchev–Trinajstić information content (AvgIpc) is 3.88. The number of hydrogen-bond donors (Lipinski definition) is 0. The largest absolute Gasteiger partial charge is 0.501 e. The molecule has 0 atom stereocenters. The van der Waals surface area contributed by atoms with Crippen molar-refractivity contribution in [1.82, 2.24) is 19.5 Å². The molecule has 0 saturated carbocycles. The molecule has 0 amide bonds. The number of benzene rings is 6. The number of aromatic nitrogens is 4. The molecule has 10 rings (SSSR count). The number of furan rings is 1. The zero-order valence-electron chi connectivity index (χ0n) is 39.7. The molecule has 66 heavy (non-hydrogen) atoms. The molecule has 4 heterocycles. The zero-order chi connectivity index (χ0) is 45.6. The summed E-state index contributed by atoms with van der Waals surface area (Å²) in [6.45, 7) is 23.2. The summed E-state index contributed by atoms with van der Waals surface area (Å²) < 4.78 is 8.92. The van der Waals surface area contributed by atoms with Crippen molar-refractivity contribution in [3.05, 3.63) is 175 Å². The fourth-order valence-corrected chi connectivity index (χ4v) is 10.7. The van der Waals surface area contributed by atoms with E-state index in [4.69, 9.17) is 19.4 Å². The van der Waals surface area contributed by atoms with Gasteiger partial charge >= 0.3 is 0 Å². The molecule has 0 aliphatic carbocycles. The molecule has 5 nitrogen and oxygen atoms in total. The Morgan fingerprint density at radius 3 is 1.98 bits per heavy atom. The van der Waals surface area contributed by atoms with E-state index in [0.717, 1.165) is 72.9 Å². The Morgan fingerprint density at radius 2 is 1.32 bits per heavy atom. The van der Waals surface area contributed by atoms with Crippen LogP contribution in [0.4, 0.5) is 0 Å².